The second-order valence-electron chi connectivity index (χ2n) is 5.85. The number of rotatable bonds is 6. The predicted octanol–water partition coefficient (Wildman–Crippen LogP) is 5.21. The van der Waals surface area contributed by atoms with Crippen LogP contribution in [-0.4, -0.2) is 13.2 Å². The highest BCUT2D eigenvalue weighted by Crippen LogP contribution is 2.25. The van der Waals surface area contributed by atoms with E-state index in [0.717, 1.165) is 37.1 Å². The molecule has 2 heteroatoms. The summed E-state index contributed by atoms with van der Waals surface area (Å²) in [6, 6.07) is 8.05. The van der Waals surface area contributed by atoms with Gasteiger partial charge in [0, 0.05) is 6.07 Å². The van der Waals surface area contributed by atoms with Gasteiger partial charge in [0.25, 0.3) is 0 Å². The molecule has 0 aliphatic heterocycles. The minimum Gasteiger partial charge on any atom is -0.493 e. The van der Waals surface area contributed by atoms with Crippen molar-refractivity contribution in [3.05, 3.63) is 24.3 Å². The van der Waals surface area contributed by atoms with E-state index in [2.05, 4.69) is 6.92 Å². The van der Waals surface area contributed by atoms with Gasteiger partial charge in [-0.2, -0.15) is 0 Å². The fraction of sp³-hybridized carbons (Fsp3) is 0.667. The minimum atomic E-state index is 0.732. The molecule has 0 bridgehead atoms. The van der Waals surface area contributed by atoms with E-state index >= 15 is 0 Å². The van der Waals surface area contributed by atoms with Crippen molar-refractivity contribution in [1.82, 2.24) is 0 Å². The normalized spacial score (nSPS) is 17.2. The van der Waals surface area contributed by atoms with Crippen LogP contribution in [0.5, 0.6) is 11.5 Å². The third-order valence-corrected chi connectivity index (χ3v) is 3.99. The van der Waals surface area contributed by atoms with Crippen LogP contribution in [0.25, 0.3) is 0 Å². The molecule has 0 radical (unpaired) electrons. The van der Waals surface area contributed by atoms with E-state index in [1.807, 2.05) is 24.3 Å². The van der Waals surface area contributed by atoms with Gasteiger partial charge in [-0.3, -0.25) is 0 Å². The lowest BCUT2D eigenvalue weighted by Gasteiger charge is -2.20. The van der Waals surface area contributed by atoms with E-state index in [-0.39, 0.29) is 0 Å². The largest absolute Gasteiger partial charge is 0.493 e. The van der Waals surface area contributed by atoms with Crippen LogP contribution in [-0.2, 0) is 0 Å². The zero-order valence-corrected chi connectivity index (χ0v) is 12.8. The fourth-order valence-corrected chi connectivity index (χ4v) is 2.80. The molecule has 0 amide bonds. The molecular weight excluding hydrogens is 248 g/mol. The van der Waals surface area contributed by atoms with Crippen molar-refractivity contribution >= 4 is 0 Å². The predicted molar refractivity (Wildman–Crippen MR) is 83.5 cm³/mol. The molecule has 2 rings (SSSR count). The molecule has 0 spiro atoms. The molecular formula is C18H28O2. The lowest BCUT2D eigenvalue weighted by atomic mass is 9.92. The Morgan fingerprint density at radius 2 is 1.60 bits per heavy atom. The Balaban J connectivity index is 1.79. The van der Waals surface area contributed by atoms with Crippen LogP contribution >= 0.6 is 0 Å². The third kappa shape index (κ3) is 5.44. The van der Waals surface area contributed by atoms with Gasteiger partial charge in [0.15, 0.2) is 0 Å². The van der Waals surface area contributed by atoms with Gasteiger partial charge in [-0.15, -0.1) is 0 Å². The number of hydrogen-bond acceptors (Lipinski definition) is 2. The molecule has 1 fully saturated rings. The van der Waals surface area contributed by atoms with Crippen molar-refractivity contribution < 1.29 is 9.47 Å². The van der Waals surface area contributed by atoms with Gasteiger partial charge >= 0.3 is 0 Å². The monoisotopic (exact) mass is 276 g/mol. The van der Waals surface area contributed by atoms with Crippen LogP contribution in [0, 0.1) is 5.92 Å². The smallest absolute Gasteiger partial charge is 0.122 e. The van der Waals surface area contributed by atoms with Crippen molar-refractivity contribution in [2.24, 2.45) is 5.92 Å². The summed E-state index contributed by atoms with van der Waals surface area (Å²) in [6.07, 6.45) is 10.6. The third-order valence-electron chi connectivity index (χ3n) is 3.99. The number of hydrogen-bond donors (Lipinski definition) is 0. The van der Waals surface area contributed by atoms with E-state index < -0.39 is 0 Å². The van der Waals surface area contributed by atoms with E-state index in [1.165, 1.54) is 44.9 Å². The average Bonchev–Trinajstić information content (AvgIpc) is 2.44. The first kappa shape index (κ1) is 15.2. The topological polar surface area (TPSA) is 18.5 Å². The number of benzene rings is 1. The maximum Gasteiger partial charge on any atom is 0.122 e. The van der Waals surface area contributed by atoms with Crippen LogP contribution in [0.1, 0.15) is 58.3 Å². The van der Waals surface area contributed by atoms with Gasteiger partial charge in [-0.1, -0.05) is 45.1 Å². The molecule has 1 aromatic rings. The molecule has 0 atom stereocenters. The first-order valence-electron chi connectivity index (χ1n) is 8.24. The summed E-state index contributed by atoms with van der Waals surface area (Å²) in [5.74, 6) is 2.60. The summed E-state index contributed by atoms with van der Waals surface area (Å²) in [7, 11) is 0. The second-order valence-corrected chi connectivity index (χ2v) is 5.85. The fourth-order valence-electron chi connectivity index (χ4n) is 2.80. The molecule has 1 saturated carbocycles. The summed E-state index contributed by atoms with van der Waals surface area (Å²) in [5.41, 5.74) is 0. The number of ether oxygens (including phenoxy) is 2. The van der Waals surface area contributed by atoms with Gasteiger partial charge in [0.1, 0.15) is 11.5 Å². The van der Waals surface area contributed by atoms with Crippen LogP contribution in [0.4, 0.5) is 0 Å². The molecule has 20 heavy (non-hydrogen) atoms. The van der Waals surface area contributed by atoms with Gasteiger partial charge in [-0.25, -0.2) is 0 Å². The van der Waals surface area contributed by atoms with Crippen LogP contribution < -0.4 is 9.47 Å². The maximum atomic E-state index is 5.98. The summed E-state index contributed by atoms with van der Waals surface area (Å²) in [4.78, 5) is 0. The summed E-state index contributed by atoms with van der Waals surface area (Å²) in [5, 5.41) is 0. The maximum absolute atomic E-state index is 5.98. The average molecular weight is 276 g/mol. The zero-order valence-electron chi connectivity index (χ0n) is 12.8. The van der Waals surface area contributed by atoms with Crippen molar-refractivity contribution in [1.29, 1.82) is 0 Å². The molecule has 1 aliphatic carbocycles. The van der Waals surface area contributed by atoms with Crippen LogP contribution in [0.3, 0.4) is 0 Å². The highest BCUT2D eigenvalue weighted by atomic mass is 16.5. The Hall–Kier alpha value is -1.18. The first-order chi connectivity index (χ1) is 9.88. The molecule has 1 aliphatic rings. The Kier molecular flexibility index (Phi) is 6.76. The standard InChI is InChI=1S/C18H28O2/c1-2-13-19-17-11-8-12-18(14-17)20-15-16-9-6-4-3-5-7-10-16/h8,11-12,14,16H,2-7,9-10,13,15H2,1H3. The Labute approximate surface area is 123 Å². The van der Waals surface area contributed by atoms with Crippen molar-refractivity contribution in [3.63, 3.8) is 0 Å². The summed E-state index contributed by atoms with van der Waals surface area (Å²) >= 11 is 0. The zero-order chi connectivity index (χ0) is 14.0. The van der Waals surface area contributed by atoms with Gasteiger partial charge < -0.3 is 9.47 Å². The lowest BCUT2D eigenvalue weighted by Crippen LogP contribution is -2.13. The van der Waals surface area contributed by atoms with Gasteiger partial charge in [0.2, 0.25) is 0 Å². The molecule has 0 unspecified atom stereocenters. The molecule has 1 aromatic carbocycles. The van der Waals surface area contributed by atoms with Crippen molar-refractivity contribution in [2.75, 3.05) is 13.2 Å². The van der Waals surface area contributed by atoms with Crippen molar-refractivity contribution in [2.45, 2.75) is 58.3 Å². The Morgan fingerprint density at radius 1 is 0.950 bits per heavy atom. The molecule has 0 N–H and O–H groups in total. The lowest BCUT2D eigenvalue weighted by molar-refractivity contribution is 0.217. The van der Waals surface area contributed by atoms with E-state index in [4.69, 9.17) is 9.47 Å². The summed E-state index contributed by atoms with van der Waals surface area (Å²) < 4.78 is 11.6. The summed E-state index contributed by atoms with van der Waals surface area (Å²) in [6.45, 7) is 3.75. The van der Waals surface area contributed by atoms with Crippen LogP contribution in [0.15, 0.2) is 24.3 Å². The van der Waals surface area contributed by atoms with E-state index in [1.54, 1.807) is 0 Å². The molecule has 0 saturated heterocycles. The van der Waals surface area contributed by atoms with E-state index in [0.29, 0.717) is 0 Å². The molecule has 0 aromatic heterocycles. The van der Waals surface area contributed by atoms with E-state index in [9.17, 15) is 0 Å². The first-order valence-corrected chi connectivity index (χ1v) is 8.24. The molecule has 112 valence electrons. The SMILES string of the molecule is CCCOc1cccc(OCC2CCCCCCC2)c1. The highest BCUT2D eigenvalue weighted by Gasteiger charge is 2.12. The minimum absolute atomic E-state index is 0.732. The van der Waals surface area contributed by atoms with Crippen molar-refractivity contribution in [3.8, 4) is 11.5 Å². The quantitative estimate of drug-likeness (QED) is 0.709. The second kappa shape index (κ2) is 8.89. The Morgan fingerprint density at radius 3 is 2.30 bits per heavy atom. The molecule has 0 heterocycles. The van der Waals surface area contributed by atoms with Gasteiger partial charge in [-0.05, 0) is 37.3 Å². The van der Waals surface area contributed by atoms with Crippen LogP contribution in [0.2, 0.25) is 0 Å². The highest BCUT2D eigenvalue weighted by molar-refractivity contribution is 5.32. The molecule has 2 nitrogen and oxygen atoms in total. The van der Waals surface area contributed by atoms with Gasteiger partial charge in [0.05, 0.1) is 13.2 Å². The Bertz CT molecular complexity index is 367.